The van der Waals surface area contributed by atoms with E-state index in [1.165, 1.54) is 6.07 Å². The zero-order chi connectivity index (χ0) is 26.3. The molecule has 8 nitrogen and oxygen atoms in total. The van der Waals surface area contributed by atoms with Gasteiger partial charge in [-0.15, -0.1) is 0 Å². The molecule has 0 atom stereocenters. The summed E-state index contributed by atoms with van der Waals surface area (Å²) in [6.45, 7) is 8.51. The third kappa shape index (κ3) is 5.60. The zero-order valence-corrected chi connectivity index (χ0v) is 20.4. The Balaban J connectivity index is 1.53. The van der Waals surface area contributed by atoms with Crippen molar-refractivity contribution in [1.29, 1.82) is 0 Å². The van der Waals surface area contributed by atoms with Crippen LogP contribution < -0.4 is 4.74 Å². The van der Waals surface area contributed by atoms with Crippen molar-refractivity contribution >= 4 is 17.5 Å². The molecule has 1 fully saturated rings. The third-order valence-corrected chi connectivity index (χ3v) is 5.58. The van der Waals surface area contributed by atoms with E-state index in [2.05, 4.69) is 9.97 Å². The molecule has 3 aromatic rings. The van der Waals surface area contributed by atoms with Crippen LogP contribution in [0.15, 0.2) is 36.7 Å². The Kier molecular flexibility index (Phi) is 6.68. The predicted molar refractivity (Wildman–Crippen MR) is 124 cm³/mol. The lowest BCUT2D eigenvalue weighted by molar-refractivity contribution is -0.141. The van der Waals surface area contributed by atoms with Gasteiger partial charge in [0.15, 0.2) is 5.78 Å². The fourth-order valence-electron chi connectivity index (χ4n) is 3.85. The normalized spacial score (nSPS) is 14.6. The molecule has 0 aromatic carbocycles. The van der Waals surface area contributed by atoms with Crippen molar-refractivity contribution in [1.82, 2.24) is 19.3 Å². The van der Waals surface area contributed by atoms with E-state index in [4.69, 9.17) is 9.47 Å². The van der Waals surface area contributed by atoms with Gasteiger partial charge in [0.05, 0.1) is 12.3 Å². The number of carbonyl (C=O) groups excluding carboxylic acids is 2. The maximum absolute atomic E-state index is 13.0. The second-order valence-electron chi connectivity index (χ2n) is 9.62. The number of hydrogen-bond acceptors (Lipinski definition) is 6. The van der Waals surface area contributed by atoms with Crippen LogP contribution in [0.3, 0.4) is 0 Å². The molecule has 4 rings (SSSR count). The number of Topliss-reactive ketones (excluding diaryl/α,β-unsaturated/α-hetero) is 1. The molecule has 0 bridgehead atoms. The van der Waals surface area contributed by atoms with Gasteiger partial charge in [0.1, 0.15) is 28.4 Å². The Hall–Kier alpha value is -3.63. The van der Waals surface area contributed by atoms with Gasteiger partial charge in [-0.25, -0.2) is 14.8 Å². The smallest absolute Gasteiger partial charge is 0.433 e. The number of amides is 1. The summed E-state index contributed by atoms with van der Waals surface area (Å²) in [6.07, 6.45) is -1.70. The average molecular weight is 505 g/mol. The number of halogens is 3. The lowest BCUT2D eigenvalue weighted by Gasteiger charge is -2.38. The maximum atomic E-state index is 13.0. The Morgan fingerprint density at radius 1 is 1.11 bits per heavy atom. The van der Waals surface area contributed by atoms with Crippen LogP contribution in [0, 0.1) is 0 Å². The molecule has 0 radical (unpaired) electrons. The number of nitrogens with zero attached hydrogens (tertiary/aromatic N) is 4. The molecule has 1 amide bonds. The summed E-state index contributed by atoms with van der Waals surface area (Å²) in [6, 6.07) is 4.95. The number of alkyl halides is 3. The first-order valence-electron chi connectivity index (χ1n) is 11.5. The van der Waals surface area contributed by atoms with Gasteiger partial charge in [-0.1, -0.05) is 6.07 Å². The fraction of sp³-hybridized carbons (Fsp3) is 0.440. The van der Waals surface area contributed by atoms with E-state index in [9.17, 15) is 22.8 Å². The number of rotatable bonds is 6. The first-order chi connectivity index (χ1) is 16.8. The minimum absolute atomic E-state index is 0.0346. The van der Waals surface area contributed by atoms with Crippen molar-refractivity contribution in [3.63, 3.8) is 0 Å². The molecule has 0 unspecified atom stereocenters. The van der Waals surface area contributed by atoms with Crippen molar-refractivity contribution in [3.8, 4) is 5.75 Å². The van der Waals surface area contributed by atoms with Gasteiger partial charge in [-0.3, -0.25) is 4.79 Å². The van der Waals surface area contributed by atoms with E-state index in [1.54, 1.807) is 28.5 Å². The van der Waals surface area contributed by atoms with Crippen LogP contribution in [0.1, 0.15) is 61.1 Å². The number of hydrogen-bond donors (Lipinski definition) is 0. The average Bonchev–Trinajstić information content (AvgIpc) is 3.13. The lowest BCUT2D eigenvalue weighted by atomic mass is 9.98. The Labute approximate surface area is 206 Å². The van der Waals surface area contributed by atoms with Gasteiger partial charge in [-0.05, 0) is 39.8 Å². The predicted octanol–water partition coefficient (Wildman–Crippen LogP) is 4.91. The van der Waals surface area contributed by atoms with Crippen LogP contribution in [-0.2, 0) is 17.3 Å². The lowest BCUT2D eigenvalue weighted by Crippen LogP contribution is -2.50. The quantitative estimate of drug-likeness (QED) is 0.444. The first-order valence-corrected chi connectivity index (χ1v) is 11.5. The molecule has 192 valence electrons. The summed E-state index contributed by atoms with van der Waals surface area (Å²) in [5.74, 6) is -0.104. The monoisotopic (exact) mass is 504 g/mol. The number of ether oxygens (including phenoxy) is 2. The van der Waals surface area contributed by atoms with Crippen LogP contribution in [0.5, 0.6) is 5.75 Å². The number of pyridine rings is 2. The van der Waals surface area contributed by atoms with E-state index >= 15 is 0 Å². The SMILES string of the molecule is CCOc1cc2nc(C3CN(C(=O)OC(C)(C)C)C3)cn2cc1CC(=O)c1cccc(C(F)(F)F)n1. The molecule has 3 aromatic heterocycles. The van der Waals surface area contributed by atoms with Crippen LogP contribution in [0.25, 0.3) is 5.65 Å². The van der Waals surface area contributed by atoms with Gasteiger partial charge in [-0.2, -0.15) is 13.2 Å². The molecule has 0 spiro atoms. The number of likely N-dealkylation sites (tertiary alicyclic amines) is 1. The first kappa shape index (κ1) is 25.5. The summed E-state index contributed by atoms with van der Waals surface area (Å²) in [4.78, 5) is 34.7. The van der Waals surface area contributed by atoms with Gasteiger partial charge in [0.25, 0.3) is 0 Å². The van der Waals surface area contributed by atoms with Crippen molar-refractivity contribution in [2.75, 3.05) is 19.7 Å². The highest BCUT2D eigenvalue weighted by atomic mass is 19.4. The Morgan fingerprint density at radius 2 is 1.83 bits per heavy atom. The summed E-state index contributed by atoms with van der Waals surface area (Å²) in [7, 11) is 0. The second kappa shape index (κ2) is 9.44. The van der Waals surface area contributed by atoms with Gasteiger partial charge < -0.3 is 18.8 Å². The van der Waals surface area contributed by atoms with E-state index in [0.29, 0.717) is 36.7 Å². The van der Waals surface area contributed by atoms with E-state index < -0.39 is 23.3 Å². The van der Waals surface area contributed by atoms with Crippen LogP contribution >= 0.6 is 0 Å². The molecule has 4 heterocycles. The number of carbonyl (C=O) groups is 2. The minimum Gasteiger partial charge on any atom is -0.493 e. The van der Waals surface area contributed by atoms with Gasteiger partial charge in [0, 0.05) is 49.5 Å². The summed E-state index contributed by atoms with van der Waals surface area (Å²) in [5.41, 5.74) is -0.0815. The summed E-state index contributed by atoms with van der Waals surface area (Å²) < 4.78 is 51.8. The van der Waals surface area contributed by atoms with Crippen molar-refractivity contribution in [2.24, 2.45) is 0 Å². The van der Waals surface area contributed by atoms with Gasteiger partial charge in [0.2, 0.25) is 0 Å². The summed E-state index contributed by atoms with van der Waals surface area (Å²) >= 11 is 0. The van der Waals surface area contributed by atoms with Crippen LogP contribution in [-0.4, -0.2) is 56.4 Å². The molecular formula is C25H27F3N4O4. The number of fused-ring (bicyclic) bond motifs is 1. The van der Waals surface area contributed by atoms with Crippen molar-refractivity contribution in [2.45, 2.75) is 51.8 Å². The Morgan fingerprint density at radius 3 is 2.47 bits per heavy atom. The molecule has 0 saturated carbocycles. The highest BCUT2D eigenvalue weighted by Gasteiger charge is 2.36. The van der Waals surface area contributed by atoms with E-state index in [-0.39, 0.29) is 24.1 Å². The van der Waals surface area contributed by atoms with Crippen LogP contribution in [0.2, 0.25) is 0 Å². The van der Waals surface area contributed by atoms with E-state index in [0.717, 1.165) is 17.8 Å². The number of ketones is 1. The second-order valence-corrected chi connectivity index (χ2v) is 9.62. The zero-order valence-electron chi connectivity index (χ0n) is 20.4. The standard InChI is InChI=1S/C25H27F3N4O4/c1-5-35-20-10-22-30-18(16-12-32(13-16)23(34)36-24(2,3)4)14-31(22)11-15(20)9-19(33)17-7-6-8-21(29-17)25(26,27)28/h6-8,10-11,14,16H,5,9,12-13H2,1-4H3. The molecule has 1 aliphatic heterocycles. The highest BCUT2D eigenvalue weighted by molar-refractivity contribution is 5.96. The summed E-state index contributed by atoms with van der Waals surface area (Å²) in [5, 5.41) is 0. The topological polar surface area (TPSA) is 86.0 Å². The molecule has 0 aliphatic carbocycles. The van der Waals surface area contributed by atoms with E-state index in [1.807, 2.05) is 27.0 Å². The number of aromatic nitrogens is 3. The Bertz CT molecular complexity index is 1290. The highest BCUT2D eigenvalue weighted by Crippen LogP contribution is 2.31. The van der Waals surface area contributed by atoms with Crippen molar-refractivity contribution < 1.29 is 32.2 Å². The largest absolute Gasteiger partial charge is 0.493 e. The fourth-order valence-corrected chi connectivity index (χ4v) is 3.85. The minimum atomic E-state index is -4.64. The molecule has 11 heteroatoms. The van der Waals surface area contributed by atoms with Crippen LogP contribution in [0.4, 0.5) is 18.0 Å². The van der Waals surface area contributed by atoms with Gasteiger partial charge >= 0.3 is 12.3 Å². The third-order valence-electron chi connectivity index (χ3n) is 5.58. The van der Waals surface area contributed by atoms with Crippen molar-refractivity contribution in [3.05, 3.63) is 59.3 Å². The molecule has 1 aliphatic rings. The maximum Gasteiger partial charge on any atom is 0.433 e. The molecule has 0 N–H and O–H groups in total. The molecular weight excluding hydrogens is 477 g/mol. The molecule has 1 saturated heterocycles. The molecule has 36 heavy (non-hydrogen) atoms. The number of imidazole rings is 1.